The molecule has 0 bridgehead atoms. The fourth-order valence-corrected chi connectivity index (χ4v) is 2.42. The number of rotatable bonds is 5. The molecule has 0 aliphatic carbocycles. The number of hydrogen-bond donors (Lipinski definition) is 1. The molecule has 2 heterocycles. The molecular formula is C13H14N6O2S. The zero-order valence-electron chi connectivity index (χ0n) is 12.1. The topological polar surface area (TPSA) is 97.2 Å². The van der Waals surface area contributed by atoms with Crippen molar-refractivity contribution in [2.45, 2.75) is 5.16 Å². The van der Waals surface area contributed by atoms with Gasteiger partial charge in [-0.15, -0.1) is 0 Å². The van der Waals surface area contributed by atoms with Crippen LogP contribution in [0, 0.1) is 0 Å². The highest BCUT2D eigenvalue weighted by atomic mass is 32.2. The van der Waals surface area contributed by atoms with E-state index in [0.717, 1.165) is 11.0 Å². The average Bonchev–Trinajstić information content (AvgIpc) is 3.11. The van der Waals surface area contributed by atoms with Crippen LogP contribution in [0.5, 0.6) is 0 Å². The average molecular weight is 318 g/mol. The molecule has 0 aliphatic rings. The van der Waals surface area contributed by atoms with Gasteiger partial charge >= 0.3 is 5.88 Å². The summed E-state index contributed by atoms with van der Waals surface area (Å²) in [6, 6.07) is 7.70. The first kappa shape index (κ1) is 14.4. The maximum Gasteiger partial charge on any atom is 0.324 e. The number of nitrogens with zero attached hydrogens (tertiary/aromatic N) is 5. The van der Waals surface area contributed by atoms with Crippen LogP contribution < -0.4 is 14.9 Å². The van der Waals surface area contributed by atoms with E-state index in [1.54, 1.807) is 19.1 Å². The first-order valence-electron chi connectivity index (χ1n) is 6.50. The predicted molar refractivity (Wildman–Crippen MR) is 80.7 cm³/mol. The summed E-state index contributed by atoms with van der Waals surface area (Å²) in [5, 5.41) is 17.9. The van der Waals surface area contributed by atoms with Gasteiger partial charge in [0, 0.05) is 5.75 Å². The molecular weight excluding hydrogens is 304 g/mol. The summed E-state index contributed by atoms with van der Waals surface area (Å²) in [5.74, 6) is 0.0269. The van der Waals surface area contributed by atoms with Crippen molar-refractivity contribution in [3.8, 4) is 0 Å². The van der Waals surface area contributed by atoms with E-state index in [2.05, 4.69) is 20.2 Å². The molecule has 0 radical (unpaired) electrons. The van der Waals surface area contributed by atoms with Crippen LogP contribution in [-0.2, 0) is 0 Å². The molecule has 22 heavy (non-hydrogen) atoms. The van der Waals surface area contributed by atoms with E-state index in [-0.39, 0.29) is 17.5 Å². The summed E-state index contributed by atoms with van der Waals surface area (Å²) in [7, 11) is 3.59. The van der Waals surface area contributed by atoms with Crippen molar-refractivity contribution in [2.75, 3.05) is 24.9 Å². The second-order valence-corrected chi connectivity index (χ2v) is 5.63. The van der Waals surface area contributed by atoms with Crippen molar-refractivity contribution in [1.82, 2.24) is 15.2 Å². The van der Waals surface area contributed by atoms with Crippen molar-refractivity contribution in [3.05, 3.63) is 30.5 Å². The van der Waals surface area contributed by atoms with Crippen molar-refractivity contribution >= 4 is 34.6 Å². The van der Waals surface area contributed by atoms with Crippen LogP contribution in [0.1, 0.15) is 0 Å². The number of fused-ring (bicyclic) bond motifs is 1. The Morgan fingerprint density at radius 2 is 2.27 bits per heavy atom. The van der Waals surface area contributed by atoms with Gasteiger partial charge in [-0.25, -0.2) is 9.98 Å². The lowest BCUT2D eigenvalue weighted by Gasteiger charge is -2.06. The number of imidazole rings is 1. The lowest BCUT2D eigenvalue weighted by Crippen LogP contribution is -2.53. The Morgan fingerprint density at radius 1 is 1.45 bits per heavy atom. The highest BCUT2D eigenvalue weighted by Gasteiger charge is 2.12. The first-order chi connectivity index (χ1) is 10.6. The lowest BCUT2D eigenvalue weighted by atomic mass is 10.3. The molecule has 0 saturated carbocycles. The zero-order chi connectivity index (χ0) is 15.5. The SMILES string of the molecule is CN(C)[n+]1cc(/N=C(/[O-])CSc2nc3ccccc3[nH]2)on1. The number of H-pyrrole nitrogens is 1. The molecule has 114 valence electrons. The summed E-state index contributed by atoms with van der Waals surface area (Å²) in [6.45, 7) is 0. The quantitative estimate of drug-likeness (QED) is 0.313. The smallest absolute Gasteiger partial charge is 0.324 e. The third-order valence-corrected chi connectivity index (χ3v) is 3.65. The number of hydrogen-bond acceptors (Lipinski definition) is 7. The van der Waals surface area contributed by atoms with E-state index in [1.807, 2.05) is 24.3 Å². The van der Waals surface area contributed by atoms with Crippen LogP contribution in [0.15, 0.2) is 45.1 Å². The fourth-order valence-electron chi connectivity index (χ4n) is 1.75. The van der Waals surface area contributed by atoms with Crippen LogP contribution in [0.3, 0.4) is 0 Å². The number of aromatic nitrogens is 4. The van der Waals surface area contributed by atoms with Gasteiger partial charge in [-0.05, 0) is 18.0 Å². The van der Waals surface area contributed by atoms with Gasteiger partial charge in [0.15, 0.2) is 5.16 Å². The normalized spacial score (nSPS) is 12.0. The number of aromatic amines is 1. The molecule has 0 amide bonds. The second-order valence-electron chi connectivity index (χ2n) is 4.66. The number of aliphatic imine (C=N–C) groups is 1. The second kappa shape index (κ2) is 6.06. The van der Waals surface area contributed by atoms with Gasteiger partial charge < -0.3 is 10.1 Å². The molecule has 3 aromatic rings. The van der Waals surface area contributed by atoms with E-state index in [4.69, 9.17) is 4.52 Å². The molecule has 0 atom stereocenters. The Kier molecular flexibility index (Phi) is 3.96. The monoisotopic (exact) mass is 318 g/mol. The van der Waals surface area contributed by atoms with Crippen LogP contribution in [0.2, 0.25) is 0 Å². The predicted octanol–water partition coefficient (Wildman–Crippen LogP) is 0.219. The summed E-state index contributed by atoms with van der Waals surface area (Å²) >= 11 is 1.30. The molecule has 3 rings (SSSR count). The fraction of sp³-hybridized carbons (Fsp3) is 0.231. The Balaban J connectivity index is 1.65. The molecule has 8 nitrogen and oxygen atoms in total. The highest BCUT2D eigenvalue weighted by Crippen LogP contribution is 2.19. The molecule has 0 saturated heterocycles. The zero-order valence-corrected chi connectivity index (χ0v) is 12.9. The van der Waals surface area contributed by atoms with E-state index in [0.29, 0.717) is 5.16 Å². The maximum absolute atomic E-state index is 11.8. The Morgan fingerprint density at radius 3 is 3.00 bits per heavy atom. The Labute approximate surface area is 130 Å². The molecule has 9 heteroatoms. The standard InChI is InChI=1S/C13H14N6O2S/c1-18(2)19-7-12(21-17-19)16-11(20)8-22-13-14-9-5-3-4-6-10(9)15-13/h3-7H,8H2,1-2H3,(H-,14,15,16,17,20). The summed E-state index contributed by atoms with van der Waals surface area (Å²) in [6.07, 6.45) is 1.53. The minimum atomic E-state index is -0.312. The van der Waals surface area contributed by atoms with E-state index < -0.39 is 0 Å². The van der Waals surface area contributed by atoms with Gasteiger partial charge in [-0.2, -0.15) is 5.01 Å². The Bertz CT molecular complexity index is 777. The van der Waals surface area contributed by atoms with Crippen LogP contribution in [-0.4, -0.2) is 41.0 Å². The van der Waals surface area contributed by atoms with Gasteiger partial charge in [0.05, 0.1) is 29.9 Å². The van der Waals surface area contributed by atoms with Gasteiger partial charge in [0.1, 0.15) is 0 Å². The summed E-state index contributed by atoms with van der Waals surface area (Å²) < 4.78 is 4.95. The van der Waals surface area contributed by atoms with Crippen molar-refractivity contribution < 1.29 is 14.4 Å². The van der Waals surface area contributed by atoms with E-state index in [9.17, 15) is 5.11 Å². The highest BCUT2D eigenvalue weighted by molar-refractivity contribution is 7.99. The maximum atomic E-state index is 11.8. The Hall–Kier alpha value is -2.55. The summed E-state index contributed by atoms with van der Waals surface area (Å²) in [4.78, 5) is 12.8. The number of benzene rings is 1. The first-order valence-corrected chi connectivity index (χ1v) is 7.49. The third-order valence-electron chi connectivity index (χ3n) is 2.79. The van der Waals surface area contributed by atoms with Crippen molar-refractivity contribution in [1.29, 1.82) is 0 Å². The minimum Gasteiger partial charge on any atom is -0.861 e. The lowest BCUT2D eigenvalue weighted by molar-refractivity contribution is -0.753. The van der Waals surface area contributed by atoms with Crippen LogP contribution in [0.4, 0.5) is 5.88 Å². The van der Waals surface area contributed by atoms with Gasteiger partial charge in [-0.1, -0.05) is 23.9 Å². The van der Waals surface area contributed by atoms with Gasteiger partial charge in [0.25, 0.3) is 6.20 Å². The van der Waals surface area contributed by atoms with Crippen molar-refractivity contribution in [2.24, 2.45) is 4.99 Å². The number of thioether (sulfide) groups is 1. The minimum absolute atomic E-state index is 0.169. The van der Waals surface area contributed by atoms with Gasteiger partial charge in [0.2, 0.25) is 5.27 Å². The molecule has 0 unspecified atom stereocenters. The molecule has 1 aromatic carbocycles. The molecule has 1 N–H and O–H groups in total. The van der Waals surface area contributed by atoms with Crippen LogP contribution in [0.25, 0.3) is 11.0 Å². The van der Waals surface area contributed by atoms with Crippen LogP contribution >= 0.6 is 11.8 Å². The molecule has 0 fully saturated rings. The van der Waals surface area contributed by atoms with E-state index >= 15 is 0 Å². The van der Waals surface area contributed by atoms with Gasteiger partial charge in [-0.3, -0.25) is 4.52 Å². The largest absolute Gasteiger partial charge is 0.861 e. The molecule has 2 aromatic heterocycles. The van der Waals surface area contributed by atoms with Crippen molar-refractivity contribution in [3.63, 3.8) is 0 Å². The number of para-hydroxylation sites is 2. The molecule has 0 spiro atoms. The van der Waals surface area contributed by atoms with E-state index in [1.165, 1.54) is 22.7 Å². The molecule has 0 aliphatic heterocycles. The third kappa shape index (κ3) is 3.19. The summed E-state index contributed by atoms with van der Waals surface area (Å²) in [5.41, 5.74) is 1.81. The number of nitrogens with one attached hydrogen (secondary N) is 1.